The van der Waals surface area contributed by atoms with Crippen molar-refractivity contribution < 1.29 is 19.2 Å². The SMILES string of the molecule is COC(=O)CCc1cnc([C@@H]2CCCN2OC(C(C)=O)c2ccc(Nc3nc4c(Cl)cccc4s3)c(Cl)c2)s1. The summed E-state index contributed by atoms with van der Waals surface area (Å²) in [5.41, 5.74) is 2.06. The molecule has 0 amide bonds. The molecule has 12 heteroatoms. The minimum Gasteiger partial charge on any atom is -0.469 e. The zero-order chi connectivity index (χ0) is 27.5. The zero-order valence-electron chi connectivity index (χ0n) is 21.3. The summed E-state index contributed by atoms with van der Waals surface area (Å²) >= 11 is 15.9. The van der Waals surface area contributed by atoms with Crippen LogP contribution in [0.4, 0.5) is 10.8 Å². The van der Waals surface area contributed by atoms with Crippen LogP contribution in [-0.4, -0.2) is 40.4 Å². The number of Topliss-reactive ketones (excluding diaryl/α,β-unsaturated/α-hetero) is 1. The minimum absolute atomic E-state index is 0.0639. The Kier molecular flexibility index (Phi) is 8.80. The number of esters is 1. The number of carbonyl (C=O) groups excluding carboxylic acids is 2. The number of aromatic nitrogens is 2. The summed E-state index contributed by atoms with van der Waals surface area (Å²) in [6.45, 7) is 2.19. The number of thiazole rings is 2. The number of halogens is 2. The predicted octanol–water partition coefficient (Wildman–Crippen LogP) is 7.31. The van der Waals surface area contributed by atoms with Gasteiger partial charge in [-0.15, -0.1) is 11.3 Å². The monoisotopic (exact) mass is 604 g/mol. The van der Waals surface area contributed by atoms with E-state index in [4.69, 9.17) is 32.8 Å². The van der Waals surface area contributed by atoms with Crippen molar-refractivity contribution >= 4 is 78.7 Å². The van der Waals surface area contributed by atoms with Gasteiger partial charge >= 0.3 is 5.97 Å². The normalized spacial score (nSPS) is 16.5. The Bertz CT molecular complexity index is 1510. The van der Waals surface area contributed by atoms with Gasteiger partial charge in [0.25, 0.3) is 0 Å². The van der Waals surface area contributed by atoms with Crippen molar-refractivity contribution in [2.24, 2.45) is 0 Å². The highest BCUT2D eigenvalue weighted by atomic mass is 35.5. The first-order chi connectivity index (χ1) is 18.8. The number of aryl methyl sites for hydroxylation is 1. The van der Waals surface area contributed by atoms with Crippen LogP contribution in [0.1, 0.15) is 53.8 Å². The molecule has 3 heterocycles. The van der Waals surface area contributed by atoms with Gasteiger partial charge in [0.05, 0.1) is 40.0 Å². The largest absolute Gasteiger partial charge is 0.469 e. The minimum atomic E-state index is -0.808. The van der Waals surface area contributed by atoms with E-state index in [1.165, 1.54) is 25.4 Å². The van der Waals surface area contributed by atoms with Gasteiger partial charge in [-0.25, -0.2) is 9.97 Å². The Labute approximate surface area is 243 Å². The number of hydrogen-bond acceptors (Lipinski definition) is 10. The molecule has 204 valence electrons. The van der Waals surface area contributed by atoms with E-state index in [0.717, 1.165) is 32.9 Å². The molecule has 8 nitrogen and oxygen atoms in total. The Balaban J connectivity index is 1.29. The van der Waals surface area contributed by atoms with Crippen LogP contribution in [0.25, 0.3) is 10.2 Å². The third-order valence-electron chi connectivity index (χ3n) is 6.38. The summed E-state index contributed by atoms with van der Waals surface area (Å²) in [4.78, 5) is 40.6. The van der Waals surface area contributed by atoms with Crippen LogP contribution in [0.3, 0.4) is 0 Å². The van der Waals surface area contributed by atoms with E-state index in [-0.39, 0.29) is 17.8 Å². The average Bonchev–Trinajstić information content (AvgIpc) is 3.66. The number of rotatable bonds is 10. The number of ketones is 1. The maximum absolute atomic E-state index is 12.7. The molecule has 0 radical (unpaired) electrons. The average molecular weight is 606 g/mol. The van der Waals surface area contributed by atoms with Crippen molar-refractivity contribution in [2.45, 2.75) is 44.8 Å². The Morgan fingerprint density at radius 2 is 2.05 bits per heavy atom. The molecule has 0 bridgehead atoms. The quantitative estimate of drug-likeness (QED) is 0.188. The number of anilines is 2. The fraction of sp³-hybridized carbons (Fsp3) is 0.333. The van der Waals surface area contributed by atoms with E-state index >= 15 is 0 Å². The smallest absolute Gasteiger partial charge is 0.305 e. The fourth-order valence-corrected chi connectivity index (χ4v) is 6.89. The van der Waals surface area contributed by atoms with E-state index < -0.39 is 6.10 Å². The third kappa shape index (κ3) is 6.42. The summed E-state index contributed by atoms with van der Waals surface area (Å²) < 4.78 is 5.70. The fourth-order valence-electron chi connectivity index (χ4n) is 4.42. The molecule has 1 aliphatic heterocycles. The Morgan fingerprint density at radius 3 is 2.79 bits per heavy atom. The lowest BCUT2D eigenvalue weighted by atomic mass is 10.1. The second-order valence-electron chi connectivity index (χ2n) is 9.11. The molecule has 5 rings (SSSR count). The van der Waals surface area contributed by atoms with Crippen LogP contribution >= 0.6 is 45.9 Å². The molecule has 4 aromatic rings. The molecule has 1 aliphatic rings. The van der Waals surface area contributed by atoms with Gasteiger partial charge in [0, 0.05) is 17.6 Å². The first-order valence-corrected chi connectivity index (χ1v) is 14.8. The Hall–Kier alpha value is -2.60. The van der Waals surface area contributed by atoms with Gasteiger partial charge in [0.15, 0.2) is 17.0 Å². The first-order valence-electron chi connectivity index (χ1n) is 12.4. The van der Waals surface area contributed by atoms with Crippen LogP contribution in [-0.2, 0) is 25.6 Å². The molecule has 39 heavy (non-hydrogen) atoms. The lowest BCUT2D eigenvalue weighted by molar-refractivity contribution is -0.209. The molecule has 1 unspecified atom stereocenters. The van der Waals surface area contributed by atoms with Gasteiger partial charge in [0.2, 0.25) is 0 Å². The molecule has 2 aromatic carbocycles. The zero-order valence-corrected chi connectivity index (χ0v) is 24.4. The van der Waals surface area contributed by atoms with Gasteiger partial charge in [0.1, 0.15) is 10.5 Å². The van der Waals surface area contributed by atoms with Gasteiger partial charge in [-0.2, -0.15) is 5.06 Å². The van der Waals surface area contributed by atoms with Gasteiger partial charge in [-0.3, -0.25) is 14.4 Å². The number of ether oxygens (including phenoxy) is 1. The molecule has 1 saturated heterocycles. The van der Waals surface area contributed by atoms with Gasteiger partial charge in [-0.05, 0) is 56.0 Å². The van der Waals surface area contributed by atoms with Crippen molar-refractivity contribution in [3.05, 3.63) is 68.1 Å². The molecule has 0 aliphatic carbocycles. The van der Waals surface area contributed by atoms with Crippen LogP contribution < -0.4 is 5.32 Å². The molecule has 2 atom stereocenters. The number of para-hydroxylation sites is 1. The number of nitrogens with one attached hydrogen (secondary N) is 1. The summed E-state index contributed by atoms with van der Waals surface area (Å²) in [7, 11) is 1.38. The molecule has 0 spiro atoms. The second-order valence-corrected chi connectivity index (χ2v) is 12.1. The van der Waals surface area contributed by atoms with Crippen LogP contribution in [0.15, 0.2) is 42.6 Å². The maximum Gasteiger partial charge on any atom is 0.305 e. The standard InChI is InChI=1S/C27H26Cl2N4O4S2/c1-15(34)25(37-33-12-4-6-21(33)26-30-14-17(38-26)9-11-23(35)36-2)16-8-10-20(19(29)13-16)31-27-32-24-18(28)5-3-7-22(24)39-27/h3,5,7-8,10,13-14,21,25H,4,6,9,11-12H2,1-2H3,(H,31,32)/t21-,25?/m0/s1. The van der Waals surface area contributed by atoms with E-state index in [9.17, 15) is 9.59 Å². The number of nitrogens with zero attached hydrogens (tertiary/aromatic N) is 3. The Morgan fingerprint density at radius 1 is 1.21 bits per heavy atom. The molecule has 1 fully saturated rings. The molecular formula is C27H26Cl2N4O4S2. The summed E-state index contributed by atoms with van der Waals surface area (Å²) in [6.07, 6.45) is 3.67. The number of hydrogen-bond donors (Lipinski definition) is 1. The van der Waals surface area contributed by atoms with Crippen molar-refractivity contribution in [1.29, 1.82) is 0 Å². The number of methoxy groups -OCH3 is 1. The second kappa shape index (κ2) is 12.3. The lowest BCUT2D eigenvalue weighted by Crippen LogP contribution is -2.28. The highest BCUT2D eigenvalue weighted by Crippen LogP contribution is 2.39. The summed E-state index contributed by atoms with van der Waals surface area (Å²) in [6, 6.07) is 11.0. The molecule has 1 N–H and O–H groups in total. The molecular weight excluding hydrogens is 579 g/mol. The topological polar surface area (TPSA) is 93.6 Å². The summed E-state index contributed by atoms with van der Waals surface area (Å²) in [5, 5.41) is 7.71. The van der Waals surface area contributed by atoms with Gasteiger partial charge < -0.3 is 10.1 Å². The van der Waals surface area contributed by atoms with Crippen molar-refractivity contribution in [1.82, 2.24) is 15.0 Å². The third-order valence-corrected chi connectivity index (χ3v) is 9.09. The first kappa shape index (κ1) is 27.9. The molecule has 2 aromatic heterocycles. The van der Waals surface area contributed by atoms with Crippen LogP contribution in [0, 0.1) is 0 Å². The van der Waals surface area contributed by atoms with Crippen LogP contribution in [0.5, 0.6) is 0 Å². The van der Waals surface area contributed by atoms with E-state index in [1.54, 1.807) is 29.7 Å². The van der Waals surface area contributed by atoms with Gasteiger partial charge in [-0.1, -0.05) is 46.7 Å². The number of carbonyl (C=O) groups is 2. The van der Waals surface area contributed by atoms with E-state index in [0.29, 0.717) is 45.8 Å². The van der Waals surface area contributed by atoms with Crippen molar-refractivity contribution in [2.75, 3.05) is 19.0 Å². The number of benzene rings is 2. The number of hydroxylamine groups is 2. The van der Waals surface area contributed by atoms with Crippen LogP contribution in [0.2, 0.25) is 10.0 Å². The van der Waals surface area contributed by atoms with E-state index in [2.05, 4.69) is 15.3 Å². The maximum atomic E-state index is 12.7. The number of fused-ring (bicyclic) bond motifs is 1. The van der Waals surface area contributed by atoms with Crippen molar-refractivity contribution in [3.8, 4) is 0 Å². The highest BCUT2D eigenvalue weighted by Gasteiger charge is 2.33. The van der Waals surface area contributed by atoms with E-state index in [1.807, 2.05) is 29.3 Å². The predicted molar refractivity (Wildman–Crippen MR) is 155 cm³/mol. The van der Waals surface area contributed by atoms with Crippen molar-refractivity contribution in [3.63, 3.8) is 0 Å². The highest BCUT2D eigenvalue weighted by molar-refractivity contribution is 7.22. The molecule has 0 saturated carbocycles. The summed E-state index contributed by atoms with van der Waals surface area (Å²) in [5.74, 6) is -0.374. The lowest BCUT2D eigenvalue weighted by Gasteiger charge is -2.27.